The van der Waals surface area contributed by atoms with Crippen molar-refractivity contribution in [2.75, 3.05) is 18.6 Å². The number of halogens is 3. The van der Waals surface area contributed by atoms with E-state index in [0.29, 0.717) is 18.4 Å². The molecule has 0 saturated carbocycles. The topological polar surface area (TPSA) is 29.1 Å². The van der Waals surface area contributed by atoms with E-state index in [0.717, 1.165) is 6.07 Å². The molecule has 16 heavy (non-hydrogen) atoms. The first kappa shape index (κ1) is 13.2. The molecule has 1 unspecified atom stereocenters. The summed E-state index contributed by atoms with van der Waals surface area (Å²) in [5.74, 6) is -2.62. The predicted molar refractivity (Wildman–Crippen MR) is 57.0 cm³/mol. The Morgan fingerprint density at radius 3 is 2.44 bits per heavy atom. The molecule has 0 aliphatic rings. The van der Waals surface area contributed by atoms with Crippen LogP contribution in [0.1, 0.15) is 5.56 Å². The zero-order valence-corrected chi connectivity index (χ0v) is 9.54. The Morgan fingerprint density at radius 1 is 1.19 bits per heavy atom. The van der Waals surface area contributed by atoms with Gasteiger partial charge in [0.2, 0.25) is 0 Å². The van der Waals surface area contributed by atoms with Gasteiger partial charge >= 0.3 is 0 Å². The molecule has 1 aromatic carbocycles. The molecule has 0 fully saturated rings. The first-order chi connectivity index (χ1) is 7.50. The molecule has 1 N–H and O–H groups in total. The molecule has 1 aromatic rings. The first-order valence-electron chi connectivity index (χ1n) is 4.65. The minimum atomic E-state index is -1.20. The average Bonchev–Trinajstić information content (AvgIpc) is 2.19. The van der Waals surface area contributed by atoms with Gasteiger partial charge < -0.3 is 5.32 Å². The van der Waals surface area contributed by atoms with E-state index in [1.165, 1.54) is 0 Å². The minimum Gasteiger partial charge on any atom is -0.312 e. The summed E-state index contributed by atoms with van der Waals surface area (Å²) in [7, 11) is -0.927. The van der Waals surface area contributed by atoms with Crippen LogP contribution in [0.3, 0.4) is 0 Å². The van der Waals surface area contributed by atoms with E-state index in [-0.39, 0.29) is 12.1 Å². The monoisotopic (exact) mass is 251 g/mol. The summed E-state index contributed by atoms with van der Waals surface area (Å²) in [6.07, 6.45) is 1.56. The van der Waals surface area contributed by atoms with Crippen molar-refractivity contribution < 1.29 is 17.4 Å². The van der Waals surface area contributed by atoms with Crippen LogP contribution in [0.2, 0.25) is 0 Å². The molecule has 90 valence electrons. The van der Waals surface area contributed by atoms with Gasteiger partial charge in [0.05, 0.1) is 0 Å². The van der Waals surface area contributed by atoms with Gasteiger partial charge in [-0.15, -0.1) is 0 Å². The van der Waals surface area contributed by atoms with E-state index in [1.54, 1.807) is 6.26 Å². The van der Waals surface area contributed by atoms with Crippen molar-refractivity contribution in [1.29, 1.82) is 0 Å². The molecule has 6 heteroatoms. The first-order valence-corrected chi connectivity index (χ1v) is 6.37. The smallest absolute Gasteiger partial charge is 0.161 e. The van der Waals surface area contributed by atoms with Gasteiger partial charge in [0.25, 0.3) is 0 Å². The van der Waals surface area contributed by atoms with Crippen molar-refractivity contribution in [2.24, 2.45) is 0 Å². The van der Waals surface area contributed by atoms with Crippen LogP contribution >= 0.6 is 0 Å². The lowest BCUT2D eigenvalue weighted by Gasteiger charge is -2.05. The predicted octanol–water partition coefficient (Wildman–Crippen LogP) is 1.57. The van der Waals surface area contributed by atoms with Crippen molar-refractivity contribution in [1.82, 2.24) is 5.32 Å². The van der Waals surface area contributed by atoms with Crippen molar-refractivity contribution in [3.63, 3.8) is 0 Å². The molecule has 1 atom stereocenters. The van der Waals surface area contributed by atoms with E-state index < -0.39 is 28.3 Å². The quantitative estimate of drug-likeness (QED) is 0.636. The van der Waals surface area contributed by atoms with Gasteiger partial charge in [0, 0.05) is 47.5 Å². The van der Waals surface area contributed by atoms with Crippen LogP contribution in [0.5, 0.6) is 0 Å². The Balaban J connectivity index is 2.54. The lowest BCUT2D eigenvalue weighted by atomic mass is 10.2. The highest BCUT2D eigenvalue weighted by molar-refractivity contribution is 7.84. The maximum Gasteiger partial charge on any atom is 0.161 e. The van der Waals surface area contributed by atoms with Gasteiger partial charge in [-0.05, 0) is 6.07 Å². The molecular weight excluding hydrogens is 239 g/mol. The van der Waals surface area contributed by atoms with Crippen LogP contribution in [0.4, 0.5) is 13.2 Å². The van der Waals surface area contributed by atoms with Crippen LogP contribution in [-0.2, 0) is 17.3 Å². The summed E-state index contributed by atoms with van der Waals surface area (Å²) in [4.78, 5) is 0. The standard InChI is InChI=1S/C10H12F3NOS/c1-16(15)3-2-14-6-7-4-9(12)10(13)5-8(7)11/h4-5,14H,2-3,6H2,1H3. The number of hydrogen-bond acceptors (Lipinski definition) is 2. The summed E-state index contributed by atoms with van der Waals surface area (Å²) < 4.78 is 49.2. The third-order valence-corrected chi connectivity index (χ3v) is 2.75. The minimum absolute atomic E-state index is 0.0563. The maximum absolute atomic E-state index is 13.1. The summed E-state index contributed by atoms with van der Waals surface area (Å²) in [5.41, 5.74) is 0.0563. The SMILES string of the molecule is CS(=O)CCNCc1cc(F)c(F)cc1F. The summed E-state index contributed by atoms with van der Waals surface area (Å²) in [5, 5.41) is 2.80. The van der Waals surface area contributed by atoms with Gasteiger partial charge in [0.1, 0.15) is 5.82 Å². The molecular formula is C10H12F3NOS. The van der Waals surface area contributed by atoms with E-state index in [9.17, 15) is 17.4 Å². The molecule has 2 nitrogen and oxygen atoms in total. The average molecular weight is 251 g/mol. The fraction of sp³-hybridized carbons (Fsp3) is 0.400. The van der Waals surface area contributed by atoms with Crippen molar-refractivity contribution in [3.05, 3.63) is 35.1 Å². The second-order valence-electron chi connectivity index (χ2n) is 3.31. The Kier molecular flexibility index (Phi) is 4.95. The van der Waals surface area contributed by atoms with Crippen LogP contribution in [0.25, 0.3) is 0 Å². The van der Waals surface area contributed by atoms with Gasteiger partial charge in [-0.25, -0.2) is 13.2 Å². The highest BCUT2D eigenvalue weighted by Crippen LogP contribution is 2.13. The Hall–Kier alpha value is -0.880. The fourth-order valence-electron chi connectivity index (χ4n) is 1.14. The second-order valence-corrected chi connectivity index (χ2v) is 4.87. The van der Waals surface area contributed by atoms with Crippen LogP contribution in [-0.4, -0.2) is 22.8 Å². The van der Waals surface area contributed by atoms with E-state index in [2.05, 4.69) is 5.32 Å². The largest absolute Gasteiger partial charge is 0.312 e. The summed E-state index contributed by atoms with van der Waals surface area (Å²) in [6.45, 7) is 0.516. The Morgan fingerprint density at radius 2 is 1.81 bits per heavy atom. The highest BCUT2D eigenvalue weighted by Gasteiger charge is 2.09. The summed E-state index contributed by atoms with van der Waals surface area (Å²) >= 11 is 0. The highest BCUT2D eigenvalue weighted by atomic mass is 32.2. The maximum atomic E-state index is 13.1. The normalized spacial score (nSPS) is 12.8. The van der Waals surface area contributed by atoms with Gasteiger partial charge in [-0.3, -0.25) is 4.21 Å². The van der Waals surface area contributed by atoms with Crippen LogP contribution in [0.15, 0.2) is 12.1 Å². The molecule has 1 rings (SSSR count). The molecule has 0 aliphatic carbocycles. The molecule has 0 saturated heterocycles. The van der Waals surface area contributed by atoms with Gasteiger partial charge in [-0.2, -0.15) is 0 Å². The molecule has 0 aliphatic heterocycles. The van der Waals surface area contributed by atoms with E-state index in [1.807, 2.05) is 0 Å². The third-order valence-electron chi connectivity index (χ3n) is 1.97. The number of benzene rings is 1. The number of nitrogens with one attached hydrogen (secondary N) is 1. The van der Waals surface area contributed by atoms with Crippen molar-refractivity contribution >= 4 is 10.8 Å². The molecule has 0 amide bonds. The second kappa shape index (κ2) is 6.00. The zero-order chi connectivity index (χ0) is 12.1. The van der Waals surface area contributed by atoms with Crippen LogP contribution < -0.4 is 5.32 Å². The number of rotatable bonds is 5. The molecule has 0 spiro atoms. The fourth-order valence-corrected chi connectivity index (χ4v) is 1.57. The lowest BCUT2D eigenvalue weighted by Crippen LogP contribution is -2.20. The molecule has 0 radical (unpaired) electrons. The molecule has 0 aromatic heterocycles. The summed E-state index contributed by atoms with van der Waals surface area (Å²) in [6, 6.07) is 1.34. The molecule has 0 bridgehead atoms. The van der Waals surface area contributed by atoms with Gasteiger partial charge in [-0.1, -0.05) is 0 Å². The van der Waals surface area contributed by atoms with Crippen molar-refractivity contribution in [3.8, 4) is 0 Å². The Labute approximate surface area is 94.3 Å². The van der Waals surface area contributed by atoms with E-state index in [4.69, 9.17) is 0 Å². The Bertz CT molecular complexity index is 398. The van der Waals surface area contributed by atoms with Crippen molar-refractivity contribution in [2.45, 2.75) is 6.54 Å². The molecule has 0 heterocycles. The van der Waals surface area contributed by atoms with Crippen LogP contribution in [0, 0.1) is 17.5 Å². The van der Waals surface area contributed by atoms with E-state index >= 15 is 0 Å². The van der Waals surface area contributed by atoms with Gasteiger partial charge in [0.15, 0.2) is 11.6 Å². The third kappa shape index (κ3) is 3.94. The zero-order valence-electron chi connectivity index (χ0n) is 8.73. The number of hydrogen-bond donors (Lipinski definition) is 1. The lowest BCUT2D eigenvalue weighted by molar-refractivity contribution is 0.487.